The molecule has 2 fully saturated rings. The van der Waals surface area contributed by atoms with Gasteiger partial charge < -0.3 is 19.9 Å². The molecule has 1 amide bonds. The molecule has 0 spiro atoms. The van der Waals surface area contributed by atoms with Crippen LogP contribution in [0.15, 0.2) is 16.9 Å². The fraction of sp³-hybridized carbons (Fsp3) is 0.586. The number of anilines is 1. The molecule has 3 heterocycles. The number of hydrogen-bond donors (Lipinski definition) is 2. The van der Waals surface area contributed by atoms with Gasteiger partial charge in [-0.15, -0.1) is 0 Å². The van der Waals surface area contributed by atoms with Gasteiger partial charge in [-0.05, 0) is 83.6 Å². The van der Waals surface area contributed by atoms with Crippen LogP contribution in [-0.2, 0) is 6.54 Å². The third kappa shape index (κ3) is 4.92. The van der Waals surface area contributed by atoms with Crippen LogP contribution < -0.4 is 20.5 Å². The summed E-state index contributed by atoms with van der Waals surface area (Å²) in [5.74, 6) is -2.10. The average molecular weight is 563 g/mol. The van der Waals surface area contributed by atoms with Gasteiger partial charge in [0.2, 0.25) is 0 Å². The third-order valence-corrected chi connectivity index (χ3v) is 9.18. The number of hydrogen-bond acceptors (Lipinski definition) is 5. The number of benzene rings is 1. The minimum absolute atomic E-state index is 0.103. The quantitative estimate of drug-likeness (QED) is 0.498. The first-order valence-electron chi connectivity index (χ1n) is 13.7. The highest BCUT2D eigenvalue weighted by molar-refractivity contribution is 6.33. The molecular formula is C29H37ClF2N4O3. The Kier molecular flexibility index (Phi) is 7.21. The Morgan fingerprint density at radius 1 is 1.18 bits per heavy atom. The van der Waals surface area contributed by atoms with Gasteiger partial charge in [-0.2, -0.15) is 0 Å². The van der Waals surface area contributed by atoms with Crippen LogP contribution in [0.3, 0.4) is 0 Å². The predicted molar refractivity (Wildman–Crippen MR) is 148 cm³/mol. The smallest absolute Gasteiger partial charge is 0.272 e. The minimum Gasteiger partial charge on any atom is -0.464 e. The number of aryl methyl sites for hydroxylation is 2. The molecule has 1 saturated heterocycles. The lowest BCUT2D eigenvalue weighted by Crippen LogP contribution is -2.61. The number of H-pyrrole nitrogens is 1. The normalized spacial score (nSPS) is 26.1. The monoisotopic (exact) mass is 562 g/mol. The van der Waals surface area contributed by atoms with Crippen LogP contribution in [0.2, 0.25) is 5.02 Å². The molecule has 1 saturated carbocycles. The van der Waals surface area contributed by atoms with E-state index in [2.05, 4.69) is 29.0 Å². The van der Waals surface area contributed by atoms with Crippen molar-refractivity contribution < 1.29 is 18.3 Å². The highest BCUT2D eigenvalue weighted by atomic mass is 35.5. The van der Waals surface area contributed by atoms with E-state index >= 15 is 0 Å². The summed E-state index contributed by atoms with van der Waals surface area (Å²) in [6.45, 7) is 10.2. The SMILES string of the molecule is CCN1c2c(C)c(C(=O)NCc3c(C)cc(C)[nH]c3=O)cc(Cl)c2OC1(C)C1CCC(N2CC(F)(F)C2)CC1. The van der Waals surface area contributed by atoms with Gasteiger partial charge in [0.05, 0.1) is 23.8 Å². The van der Waals surface area contributed by atoms with E-state index in [1.54, 1.807) is 6.07 Å². The van der Waals surface area contributed by atoms with Crippen LogP contribution in [0.4, 0.5) is 14.5 Å². The van der Waals surface area contributed by atoms with Crippen molar-refractivity contribution in [3.63, 3.8) is 0 Å². The number of aromatic nitrogens is 1. The number of pyridine rings is 1. The highest BCUT2D eigenvalue weighted by Gasteiger charge is 2.52. The number of amides is 1. The molecule has 10 heteroatoms. The number of rotatable bonds is 6. The van der Waals surface area contributed by atoms with Gasteiger partial charge in [-0.1, -0.05) is 11.6 Å². The van der Waals surface area contributed by atoms with E-state index in [4.69, 9.17) is 16.3 Å². The van der Waals surface area contributed by atoms with Crippen molar-refractivity contribution in [1.82, 2.24) is 15.2 Å². The van der Waals surface area contributed by atoms with E-state index in [-0.39, 0.29) is 43.1 Å². The van der Waals surface area contributed by atoms with Gasteiger partial charge in [-0.25, -0.2) is 8.78 Å². The molecule has 2 aromatic rings. The first-order valence-corrected chi connectivity index (χ1v) is 14.1. The zero-order valence-electron chi connectivity index (χ0n) is 23.2. The van der Waals surface area contributed by atoms with Crippen molar-refractivity contribution in [1.29, 1.82) is 0 Å². The molecule has 1 aromatic carbocycles. The first-order chi connectivity index (χ1) is 18.3. The van der Waals surface area contributed by atoms with Crippen LogP contribution in [-0.4, -0.2) is 53.1 Å². The number of carbonyl (C=O) groups excluding carboxylic acids is 1. The zero-order valence-corrected chi connectivity index (χ0v) is 24.0. The lowest BCUT2D eigenvalue weighted by molar-refractivity contribution is -0.152. The molecule has 2 N–H and O–H groups in total. The van der Waals surface area contributed by atoms with E-state index in [0.29, 0.717) is 28.4 Å². The Morgan fingerprint density at radius 2 is 1.85 bits per heavy atom. The van der Waals surface area contributed by atoms with E-state index in [1.165, 1.54) is 0 Å². The second kappa shape index (κ2) is 10.1. The lowest BCUT2D eigenvalue weighted by Gasteiger charge is -2.49. The number of likely N-dealkylation sites (tertiary alicyclic amines) is 1. The number of nitrogens with zero attached hydrogens (tertiary/aromatic N) is 2. The molecule has 0 bridgehead atoms. The van der Waals surface area contributed by atoms with Crippen molar-refractivity contribution in [3.8, 4) is 5.75 Å². The van der Waals surface area contributed by atoms with Crippen LogP contribution >= 0.6 is 11.6 Å². The Balaban J connectivity index is 1.34. The number of halogens is 3. The van der Waals surface area contributed by atoms with Crippen molar-refractivity contribution in [3.05, 3.63) is 55.5 Å². The van der Waals surface area contributed by atoms with Crippen LogP contribution in [0.1, 0.15) is 72.3 Å². The van der Waals surface area contributed by atoms with Crippen molar-refractivity contribution >= 4 is 23.2 Å². The summed E-state index contributed by atoms with van der Waals surface area (Å²) in [6.07, 6.45) is 3.43. The third-order valence-electron chi connectivity index (χ3n) is 8.90. The highest BCUT2D eigenvalue weighted by Crippen LogP contribution is 2.54. The second-order valence-corrected chi connectivity index (χ2v) is 11.9. The van der Waals surface area contributed by atoms with Gasteiger partial charge in [0, 0.05) is 41.9 Å². The van der Waals surface area contributed by atoms with Gasteiger partial charge >= 0.3 is 0 Å². The van der Waals surface area contributed by atoms with E-state index in [9.17, 15) is 18.4 Å². The van der Waals surface area contributed by atoms with Crippen molar-refractivity contribution in [2.45, 2.75) is 84.5 Å². The predicted octanol–water partition coefficient (Wildman–Crippen LogP) is 5.33. The number of ether oxygens (including phenoxy) is 1. The Morgan fingerprint density at radius 3 is 2.44 bits per heavy atom. The summed E-state index contributed by atoms with van der Waals surface area (Å²) in [5.41, 5.74) is 3.25. The summed E-state index contributed by atoms with van der Waals surface area (Å²) in [6, 6.07) is 3.70. The first kappa shape index (κ1) is 27.9. The molecule has 1 atom stereocenters. The number of alkyl halides is 2. The molecule has 39 heavy (non-hydrogen) atoms. The zero-order chi connectivity index (χ0) is 28.3. The van der Waals surface area contributed by atoms with Crippen molar-refractivity contribution in [2.24, 2.45) is 5.92 Å². The fourth-order valence-electron chi connectivity index (χ4n) is 6.78. The fourth-order valence-corrected chi connectivity index (χ4v) is 7.01. The van der Waals surface area contributed by atoms with E-state index in [0.717, 1.165) is 48.2 Å². The van der Waals surface area contributed by atoms with E-state index < -0.39 is 11.6 Å². The topological polar surface area (TPSA) is 77.7 Å². The maximum Gasteiger partial charge on any atom is 0.272 e. The van der Waals surface area contributed by atoms with Gasteiger partial charge in [-0.3, -0.25) is 14.5 Å². The summed E-state index contributed by atoms with van der Waals surface area (Å²) in [7, 11) is 0. The number of aromatic amines is 1. The number of carbonyl (C=O) groups is 1. The Hall–Kier alpha value is -2.65. The Labute approximate surface area is 232 Å². The van der Waals surface area contributed by atoms with Crippen LogP contribution in [0.25, 0.3) is 0 Å². The molecule has 1 aromatic heterocycles. The molecule has 7 nitrogen and oxygen atoms in total. The van der Waals surface area contributed by atoms with Gasteiger partial charge in [0.1, 0.15) is 0 Å². The molecule has 5 rings (SSSR count). The molecule has 2 aliphatic heterocycles. The van der Waals surface area contributed by atoms with Crippen LogP contribution in [0.5, 0.6) is 5.75 Å². The molecule has 212 valence electrons. The summed E-state index contributed by atoms with van der Waals surface area (Å²) < 4.78 is 33.4. The maximum absolute atomic E-state index is 13.4. The summed E-state index contributed by atoms with van der Waals surface area (Å²) in [4.78, 5) is 32.6. The van der Waals surface area contributed by atoms with Gasteiger partial charge in [0.25, 0.3) is 17.4 Å². The molecule has 1 aliphatic carbocycles. The Bertz CT molecular complexity index is 1350. The van der Waals surface area contributed by atoms with Crippen molar-refractivity contribution in [2.75, 3.05) is 24.5 Å². The van der Waals surface area contributed by atoms with Crippen LogP contribution in [0, 0.1) is 26.7 Å². The summed E-state index contributed by atoms with van der Waals surface area (Å²) >= 11 is 6.72. The van der Waals surface area contributed by atoms with Gasteiger partial charge in [0.15, 0.2) is 11.5 Å². The molecular weight excluding hydrogens is 526 g/mol. The number of nitrogens with one attached hydrogen (secondary N) is 2. The minimum atomic E-state index is -2.55. The molecule has 3 aliphatic rings. The van der Waals surface area contributed by atoms with E-state index in [1.807, 2.05) is 31.7 Å². The maximum atomic E-state index is 13.4. The average Bonchev–Trinajstić information content (AvgIpc) is 3.18. The molecule has 1 unspecified atom stereocenters. The second-order valence-electron chi connectivity index (χ2n) is 11.5. The number of fused-ring (bicyclic) bond motifs is 1. The lowest BCUT2D eigenvalue weighted by atomic mass is 9.78. The standard InChI is InChI=1S/C29H37ClF2N4O3/c1-6-36-24-18(4)21(26(37)33-13-22-16(2)11-17(3)34-27(22)38)12-23(30)25(24)39-28(36,5)19-7-9-20(10-8-19)35-14-29(31,32)15-35/h11-12,19-20H,6-10,13-15H2,1-5H3,(H,33,37)(H,34,38). The largest absolute Gasteiger partial charge is 0.464 e. The summed E-state index contributed by atoms with van der Waals surface area (Å²) in [5, 5.41) is 3.25. The molecule has 0 radical (unpaired) electrons.